The topological polar surface area (TPSA) is 61.9 Å². The number of rotatable bonds is 5. The number of nitrogens with one attached hydrogen (secondary N) is 1. The Morgan fingerprint density at radius 2 is 2.08 bits per heavy atom. The molecule has 0 aromatic heterocycles. The van der Waals surface area contributed by atoms with Crippen molar-refractivity contribution in [3.05, 3.63) is 30.1 Å². The quantitative estimate of drug-likeness (QED) is 0.862. The van der Waals surface area contributed by atoms with Gasteiger partial charge in [-0.1, -0.05) is 0 Å². The molecule has 2 aliphatic rings. The van der Waals surface area contributed by atoms with Gasteiger partial charge in [-0.15, -0.1) is 0 Å². The Balaban J connectivity index is 1.46. The zero-order chi connectivity index (χ0) is 17.6. The number of hydrogen-bond donors (Lipinski definition) is 1. The lowest BCUT2D eigenvalue weighted by atomic mass is 10.0. The smallest absolute Gasteiger partial charge is 0.236 e. The summed E-state index contributed by atoms with van der Waals surface area (Å²) >= 11 is 0. The molecule has 0 radical (unpaired) electrons. The maximum Gasteiger partial charge on any atom is 0.236 e. The Hall–Kier alpha value is -2.15. The van der Waals surface area contributed by atoms with E-state index in [0.29, 0.717) is 25.4 Å². The molecule has 6 nitrogen and oxygen atoms in total. The molecule has 0 aliphatic carbocycles. The summed E-state index contributed by atoms with van der Waals surface area (Å²) < 4.78 is 18.3. The number of piperazine rings is 1. The van der Waals surface area contributed by atoms with Crippen molar-refractivity contribution >= 4 is 11.8 Å². The number of amides is 2. The summed E-state index contributed by atoms with van der Waals surface area (Å²) in [7, 11) is 0. The molecule has 1 aromatic carbocycles. The highest BCUT2D eigenvalue weighted by molar-refractivity contribution is 5.80. The first kappa shape index (κ1) is 17.7. The van der Waals surface area contributed by atoms with Crippen LogP contribution < -0.4 is 10.1 Å². The minimum atomic E-state index is -0.315. The van der Waals surface area contributed by atoms with Crippen LogP contribution in [-0.2, 0) is 9.59 Å². The van der Waals surface area contributed by atoms with Gasteiger partial charge in [0, 0.05) is 32.2 Å². The molecule has 25 heavy (non-hydrogen) atoms. The van der Waals surface area contributed by atoms with E-state index in [-0.39, 0.29) is 36.7 Å². The van der Waals surface area contributed by atoms with Gasteiger partial charge in [0.25, 0.3) is 0 Å². The summed E-state index contributed by atoms with van der Waals surface area (Å²) in [5.41, 5.74) is 0. The average Bonchev–Trinajstić information content (AvgIpc) is 2.64. The predicted molar refractivity (Wildman–Crippen MR) is 90.7 cm³/mol. The van der Waals surface area contributed by atoms with Gasteiger partial charge in [0.1, 0.15) is 11.6 Å². The Labute approximate surface area is 146 Å². The number of benzene rings is 1. The van der Waals surface area contributed by atoms with Crippen molar-refractivity contribution in [2.24, 2.45) is 0 Å². The number of halogens is 1. The lowest BCUT2D eigenvalue weighted by molar-refractivity contribution is -0.140. The molecular formula is C18H24FN3O3. The van der Waals surface area contributed by atoms with Crippen molar-refractivity contribution < 1.29 is 18.7 Å². The Bertz CT molecular complexity index is 608. The number of carbonyl (C=O) groups is 2. The van der Waals surface area contributed by atoms with Crippen molar-refractivity contribution in [3.8, 4) is 5.75 Å². The van der Waals surface area contributed by atoms with E-state index in [1.165, 1.54) is 12.1 Å². The van der Waals surface area contributed by atoms with Gasteiger partial charge in [-0.05, 0) is 37.1 Å². The number of ether oxygens (including phenoxy) is 1. The van der Waals surface area contributed by atoms with E-state index in [4.69, 9.17) is 4.74 Å². The molecule has 1 atom stereocenters. The second-order valence-corrected chi connectivity index (χ2v) is 6.45. The third-order valence-electron chi connectivity index (χ3n) is 4.71. The van der Waals surface area contributed by atoms with Crippen LogP contribution in [0.2, 0.25) is 0 Å². The van der Waals surface area contributed by atoms with Crippen molar-refractivity contribution in [2.75, 3.05) is 39.3 Å². The number of hydrogen-bond acceptors (Lipinski definition) is 4. The molecule has 1 aromatic rings. The molecule has 7 heteroatoms. The van der Waals surface area contributed by atoms with Gasteiger partial charge in [-0.2, -0.15) is 0 Å². The molecule has 2 amide bonds. The molecule has 3 rings (SSSR count). The molecule has 2 fully saturated rings. The highest BCUT2D eigenvalue weighted by Gasteiger charge is 2.31. The van der Waals surface area contributed by atoms with E-state index in [2.05, 4.69) is 5.32 Å². The van der Waals surface area contributed by atoms with E-state index in [0.717, 1.165) is 25.9 Å². The molecule has 2 saturated heterocycles. The highest BCUT2D eigenvalue weighted by Crippen LogP contribution is 2.18. The van der Waals surface area contributed by atoms with Gasteiger partial charge in [0.15, 0.2) is 0 Å². The first-order valence-electron chi connectivity index (χ1n) is 8.80. The van der Waals surface area contributed by atoms with Crippen LogP contribution in [0.3, 0.4) is 0 Å². The van der Waals surface area contributed by atoms with Crippen LogP contribution in [0.5, 0.6) is 5.75 Å². The Morgan fingerprint density at radius 1 is 1.28 bits per heavy atom. The molecular weight excluding hydrogens is 325 g/mol. The van der Waals surface area contributed by atoms with Crippen molar-refractivity contribution in [2.45, 2.75) is 25.3 Å². The van der Waals surface area contributed by atoms with Gasteiger partial charge in [0.2, 0.25) is 11.8 Å². The van der Waals surface area contributed by atoms with Crippen LogP contribution in [0, 0.1) is 5.82 Å². The van der Waals surface area contributed by atoms with Crippen LogP contribution in [0.25, 0.3) is 0 Å². The van der Waals surface area contributed by atoms with Gasteiger partial charge in [-0.25, -0.2) is 4.39 Å². The lowest BCUT2D eigenvalue weighted by Gasteiger charge is -2.41. The zero-order valence-corrected chi connectivity index (χ0v) is 14.2. The summed E-state index contributed by atoms with van der Waals surface area (Å²) in [6.45, 7) is 3.49. The van der Waals surface area contributed by atoms with Crippen molar-refractivity contribution in [1.82, 2.24) is 15.1 Å². The minimum absolute atomic E-state index is 0.0365. The van der Waals surface area contributed by atoms with E-state index in [1.807, 2.05) is 9.80 Å². The second kappa shape index (κ2) is 8.29. The van der Waals surface area contributed by atoms with Crippen molar-refractivity contribution in [1.29, 1.82) is 0 Å². The van der Waals surface area contributed by atoms with E-state index in [1.54, 1.807) is 12.1 Å². The third-order valence-corrected chi connectivity index (χ3v) is 4.71. The summed E-state index contributed by atoms with van der Waals surface area (Å²) in [5.74, 6) is 0.391. The SMILES string of the molecule is O=C(CCOc1ccc(F)cc1)N1CCCC(N2CCNCC2=O)C1. The van der Waals surface area contributed by atoms with Crippen LogP contribution >= 0.6 is 0 Å². The van der Waals surface area contributed by atoms with E-state index >= 15 is 0 Å². The summed E-state index contributed by atoms with van der Waals surface area (Å²) in [6.07, 6.45) is 2.13. The third kappa shape index (κ3) is 4.69. The normalized spacial score (nSPS) is 21.3. The monoisotopic (exact) mass is 349 g/mol. The van der Waals surface area contributed by atoms with Crippen LogP contribution in [0.1, 0.15) is 19.3 Å². The average molecular weight is 349 g/mol. The molecule has 136 valence electrons. The molecule has 2 aliphatic heterocycles. The van der Waals surface area contributed by atoms with E-state index < -0.39 is 0 Å². The van der Waals surface area contributed by atoms with Crippen molar-refractivity contribution in [3.63, 3.8) is 0 Å². The standard InChI is InChI=1S/C18H24FN3O3/c19-14-3-5-16(6-4-14)25-11-7-17(23)21-9-1-2-15(13-21)22-10-8-20-12-18(22)24/h3-6,15,20H,1-2,7-13H2. The first-order chi connectivity index (χ1) is 12.1. The van der Waals surface area contributed by atoms with Crippen LogP contribution in [0.4, 0.5) is 4.39 Å². The summed E-state index contributed by atoms with van der Waals surface area (Å²) in [6, 6.07) is 5.87. The van der Waals surface area contributed by atoms with Gasteiger partial charge < -0.3 is 19.9 Å². The molecule has 0 spiro atoms. The summed E-state index contributed by atoms with van der Waals surface area (Å²) in [4.78, 5) is 28.2. The zero-order valence-electron chi connectivity index (χ0n) is 14.2. The van der Waals surface area contributed by atoms with Gasteiger partial charge >= 0.3 is 0 Å². The van der Waals surface area contributed by atoms with Gasteiger partial charge in [0.05, 0.1) is 19.6 Å². The highest BCUT2D eigenvalue weighted by atomic mass is 19.1. The minimum Gasteiger partial charge on any atom is -0.493 e. The predicted octanol–water partition coefficient (Wildman–Crippen LogP) is 1.02. The Kier molecular flexibility index (Phi) is 5.86. The first-order valence-corrected chi connectivity index (χ1v) is 8.80. The fraction of sp³-hybridized carbons (Fsp3) is 0.556. The fourth-order valence-corrected chi connectivity index (χ4v) is 3.39. The van der Waals surface area contributed by atoms with Gasteiger partial charge in [-0.3, -0.25) is 9.59 Å². The number of carbonyl (C=O) groups excluding carboxylic acids is 2. The molecule has 2 heterocycles. The van der Waals surface area contributed by atoms with Crippen LogP contribution in [-0.4, -0.2) is 67.0 Å². The lowest BCUT2D eigenvalue weighted by Crippen LogP contribution is -2.57. The van der Waals surface area contributed by atoms with E-state index in [9.17, 15) is 14.0 Å². The fourth-order valence-electron chi connectivity index (χ4n) is 3.39. The molecule has 0 saturated carbocycles. The number of likely N-dealkylation sites (tertiary alicyclic amines) is 1. The maximum absolute atomic E-state index is 12.8. The van der Waals surface area contributed by atoms with Crippen LogP contribution in [0.15, 0.2) is 24.3 Å². The maximum atomic E-state index is 12.8. The number of piperidine rings is 1. The largest absolute Gasteiger partial charge is 0.493 e. The Morgan fingerprint density at radius 3 is 2.84 bits per heavy atom. The molecule has 1 N–H and O–H groups in total. The summed E-state index contributed by atoms with van der Waals surface area (Å²) in [5, 5.41) is 3.07. The molecule has 0 bridgehead atoms. The molecule has 1 unspecified atom stereocenters. The number of nitrogens with zero attached hydrogens (tertiary/aromatic N) is 2. The second-order valence-electron chi connectivity index (χ2n) is 6.45.